The fraction of sp³-hybridized carbons (Fsp3) is 0.154. The fourth-order valence-corrected chi connectivity index (χ4v) is 3.77. The molecule has 31 heavy (non-hydrogen) atoms. The average Bonchev–Trinajstić information content (AvgIpc) is 2.79. The van der Waals surface area contributed by atoms with Crippen LogP contribution in [0.3, 0.4) is 0 Å². The normalized spacial score (nSPS) is 11.8. The largest absolute Gasteiger partial charge is 0.494 e. The molecule has 0 unspecified atom stereocenters. The molecule has 0 saturated heterocycles. The Labute approximate surface area is 190 Å². The standard InChI is InChI=1S/C26H23BrN2O2/c1-3-31-21-14-10-19(11-15-21)25-16-23(22-6-4-5-7-24(22)29-25)26(30)28-17(2)18-8-12-20(27)13-9-18/h4-17H,3H2,1-2H3,(H,28,30)/t17-/m1/s1. The number of nitrogens with zero attached hydrogens (tertiary/aromatic N) is 1. The van der Waals surface area contributed by atoms with Gasteiger partial charge < -0.3 is 10.1 Å². The van der Waals surface area contributed by atoms with E-state index < -0.39 is 0 Å². The molecule has 3 aromatic carbocycles. The monoisotopic (exact) mass is 474 g/mol. The van der Waals surface area contributed by atoms with Gasteiger partial charge in [0.15, 0.2) is 0 Å². The van der Waals surface area contributed by atoms with E-state index in [1.54, 1.807) is 0 Å². The molecule has 1 atom stereocenters. The molecule has 1 heterocycles. The third kappa shape index (κ3) is 4.78. The molecule has 1 N–H and O–H groups in total. The Kier molecular flexibility index (Phi) is 6.33. The smallest absolute Gasteiger partial charge is 0.252 e. The molecule has 0 aliphatic rings. The second-order valence-electron chi connectivity index (χ2n) is 7.28. The molecule has 0 spiro atoms. The third-order valence-corrected chi connectivity index (χ3v) is 5.67. The molecule has 1 aromatic heterocycles. The van der Waals surface area contributed by atoms with Crippen molar-refractivity contribution in [1.82, 2.24) is 10.3 Å². The number of amides is 1. The number of para-hydroxylation sites is 1. The van der Waals surface area contributed by atoms with Crippen LogP contribution >= 0.6 is 15.9 Å². The van der Waals surface area contributed by atoms with Gasteiger partial charge in [0.25, 0.3) is 5.91 Å². The van der Waals surface area contributed by atoms with Gasteiger partial charge in [-0.05, 0) is 67.9 Å². The molecule has 0 bridgehead atoms. The second-order valence-corrected chi connectivity index (χ2v) is 8.19. The average molecular weight is 475 g/mol. The number of halogens is 1. The van der Waals surface area contributed by atoms with Crippen molar-refractivity contribution in [2.75, 3.05) is 6.61 Å². The summed E-state index contributed by atoms with van der Waals surface area (Å²) in [6.07, 6.45) is 0. The number of hydrogen-bond donors (Lipinski definition) is 1. The van der Waals surface area contributed by atoms with E-state index in [1.807, 2.05) is 92.7 Å². The molecule has 0 aliphatic heterocycles. The third-order valence-electron chi connectivity index (χ3n) is 5.14. The molecule has 0 aliphatic carbocycles. The Morgan fingerprint density at radius 3 is 2.45 bits per heavy atom. The van der Waals surface area contributed by atoms with E-state index in [0.717, 1.165) is 37.9 Å². The molecule has 5 heteroatoms. The molecular formula is C26H23BrN2O2. The highest BCUT2D eigenvalue weighted by Crippen LogP contribution is 2.27. The summed E-state index contributed by atoms with van der Waals surface area (Å²) in [7, 11) is 0. The number of benzene rings is 3. The van der Waals surface area contributed by atoms with Crippen molar-refractivity contribution in [2.45, 2.75) is 19.9 Å². The molecule has 1 amide bonds. The molecule has 0 saturated carbocycles. The van der Waals surface area contributed by atoms with Gasteiger partial charge in [-0.3, -0.25) is 4.79 Å². The van der Waals surface area contributed by atoms with Gasteiger partial charge in [-0.1, -0.05) is 46.3 Å². The minimum absolute atomic E-state index is 0.124. The maximum absolute atomic E-state index is 13.3. The van der Waals surface area contributed by atoms with E-state index in [-0.39, 0.29) is 11.9 Å². The van der Waals surface area contributed by atoms with Crippen LogP contribution in [0.1, 0.15) is 35.8 Å². The zero-order chi connectivity index (χ0) is 21.8. The molecule has 4 rings (SSSR count). The first-order chi connectivity index (χ1) is 15.0. The number of ether oxygens (including phenoxy) is 1. The molecular weight excluding hydrogens is 452 g/mol. The first kappa shape index (κ1) is 21.1. The van der Waals surface area contributed by atoms with Crippen molar-refractivity contribution in [1.29, 1.82) is 0 Å². The first-order valence-corrected chi connectivity index (χ1v) is 11.0. The maximum atomic E-state index is 13.3. The number of aromatic nitrogens is 1. The summed E-state index contributed by atoms with van der Waals surface area (Å²) in [4.78, 5) is 18.0. The Bertz CT molecular complexity index is 1200. The van der Waals surface area contributed by atoms with E-state index in [2.05, 4.69) is 21.2 Å². The van der Waals surface area contributed by atoms with Gasteiger partial charge in [0.05, 0.1) is 29.4 Å². The molecule has 4 nitrogen and oxygen atoms in total. The number of carbonyl (C=O) groups is 1. The van der Waals surface area contributed by atoms with Gasteiger partial charge in [-0.15, -0.1) is 0 Å². The second kappa shape index (κ2) is 9.31. The summed E-state index contributed by atoms with van der Waals surface area (Å²) in [5.41, 5.74) is 4.13. The van der Waals surface area contributed by atoms with Crippen LogP contribution in [-0.2, 0) is 0 Å². The summed E-state index contributed by atoms with van der Waals surface area (Å²) in [5.74, 6) is 0.689. The van der Waals surface area contributed by atoms with Crippen molar-refractivity contribution in [3.05, 3.63) is 94.5 Å². The van der Waals surface area contributed by atoms with Crippen LogP contribution in [0.5, 0.6) is 5.75 Å². The number of nitrogens with one attached hydrogen (secondary N) is 1. The van der Waals surface area contributed by atoms with E-state index in [9.17, 15) is 4.79 Å². The van der Waals surface area contributed by atoms with Gasteiger partial charge in [-0.25, -0.2) is 4.98 Å². The van der Waals surface area contributed by atoms with E-state index in [4.69, 9.17) is 9.72 Å². The minimum atomic E-state index is -0.124. The summed E-state index contributed by atoms with van der Waals surface area (Å²) >= 11 is 3.45. The van der Waals surface area contributed by atoms with Crippen molar-refractivity contribution in [3.63, 3.8) is 0 Å². The molecule has 0 fully saturated rings. The van der Waals surface area contributed by atoms with Gasteiger partial charge in [-0.2, -0.15) is 0 Å². The van der Waals surface area contributed by atoms with E-state index >= 15 is 0 Å². The summed E-state index contributed by atoms with van der Waals surface area (Å²) < 4.78 is 6.54. The number of carbonyl (C=O) groups excluding carboxylic acids is 1. The van der Waals surface area contributed by atoms with Crippen LogP contribution in [-0.4, -0.2) is 17.5 Å². The fourth-order valence-electron chi connectivity index (χ4n) is 3.51. The molecule has 0 radical (unpaired) electrons. The van der Waals surface area contributed by atoms with Gasteiger partial charge in [0.1, 0.15) is 5.75 Å². The van der Waals surface area contributed by atoms with Crippen molar-refractivity contribution < 1.29 is 9.53 Å². The lowest BCUT2D eigenvalue weighted by Gasteiger charge is -2.16. The first-order valence-electron chi connectivity index (χ1n) is 10.2. The molecule has 4 aromatic rings. The zero-order valence-electron chi connectivity index (χ0n) is 17.4. The minimum Gasteiger partial charge on any atom is -0.494 e. The number of hydrogen-bond acceptors (Lipinski definition) is 3. The highest BCUT2D eigenvalue weighted by molar-refractivity contribution is 9.10. The molecule has 156 valence electrons. The SMILES string of the molecule is CCOc1ccc(-c2cc(C(=O)N[C@H](C)c3ccc(Br)cc3)c3ccccc3n2)cc1. The summed E-state index contributed by atoms with van der Waals surface area (Å²) in [6.45, 7) is 4.56. The Hall–Kier alpha value is -3.18. The van der Waals surface area contributed by atoms with Crippen LogP contribution in [0.15, 0.2) is 83.3 Å². The van der Waals surface area contributed by atoms with Crippen LogP contribution in [0, 0.1) is 0 Å². The lowest BCUT2D eigenvalue weighted by Crippen LogP contribution is -2.27. The van der Waals surface area contributed by atoms with E-state index in [0.29, 0.717) is 12.2 Å². The Balaban J connectivity index is 1.69. The van der Waals surface area contributed by atoms with Crippen LogP contribution < -0.4 is 10.1 Å². The Morgan fingerprint density at radius 1 is 1.03 bits per heavy atom. The zero-order valence-corrected chi connectivity index (χ0v) is 19.0. The van der Waals surface area contributed by atoms with Gasteiger partial charge in [0.2, 0.25) is 0 Å². The number of pyridine rings is 1. The van der Waals surface area contributed by atoms with Crippen LogP contribution in [0.25, 0.3) is 22.2 Å². The quantitative estimate of drug-likeness (QED) is 0.344. The van der Waals surface area contributed by atoms with Gasteiger partial charge >= 0.3 is 0 Å². The van der Waals surface area contributed by atoms with Crippen molar-refractivity contribution >= 4 is 32.7 Å². The predicted octanol–water partition coefficient (Wildman–Crippen LogP) is 6.55. The topological polar surface area (TPSA) is 51.2 Å². The Morgan fingerprint density at radius 2 is 1.74 bits per heavy atom. The van der Waals surface area contributed by atoms with Crippen molar-refractivity contribution in [2.24, 2.45) is 0 Å². The predicted molar refractivity (Wildman–Crippen MR) is 128 cm³/mol. The lowest BCUT2D eigenvalue weighted by atomic mass is 10.0. The highest BCUT2D eigenvalue weighted by Gasteiger charge is 2.16. The maximum Gasteiger partial charge on any atom is 0.252 e. The highest BCUT2D eigenvalue weighted by atomic mass is 79.9. The number of rotatable bonds is 6. The van der Waals surface area contributed by atoms with Crippen molar-refractivity contribution in [3.8, 4) is 17.0 Å². The van der Waals surface area contributed by atoms with Crippen LogP contribution in [0.2, 0.25) is 0 Å². The van der Waals surface area contributed by atoms with Gasteiger partial charge in [0, 0.05) is 15.4 Å². The summed E-state index contributed by atoms with van der Waals surface area (Å²) in [5, 5.41) is 3.96. The van der Waals surface area contributed by atoms with E-state index in [1.165, 1.54) is 0 Å². The van der Waals surface area contributed by atoms with Crippen LogP contribution in [0.4, 0.5) is 0 Å². The summed E-state index contributed by atoms with van der Waals surface area (Å²) in [6, 6.07) is 25.2. The number of fused-ring (bicyclic) bond motifs is 1. The lowest BCUT2D eigenvalue weighted by molar-refractivity contribution is 0.0941.